The third-order valence-electron chi connectivity index (χ3n) is 3.65. The van der Waals surface area contributed by atoms with Crippen molar-refractivity contribution < 1.29 is 9.90 Å². The van der Waals surface area contributed by atoms with E-state index in [-0.39, 0.29) is 0 Å². The van der Waals surface area contributed by atoms with Crippen molar-refractivity contribution >= 4 is 34.2 Å². The Hall–Kier alpha value is -0.780. The molecule has 0 amide bonds. The molecule has 1 aliphatic heterocycles. The number of anilines is 1. The second-order valence-electron chi connectivity index (χ2n) is 5.62. The van der Waals surface area contributed by atoms with Gasteiger partial charge >= 0.3 is 5.97 Å². The summed E-state index contributed by atoms with van der Waals surface area (Å²) in [5.41, 5.74) is 1.65. The number of benzene rings is 1. The predicted molar refractivity (Wildman–Crippen MR) is 81.3 cm³/mol. The molecule has 1 heterocycles. The molecule has 0 spiro atoms. The minimum atomic E-state index is -0.841. The van der Waals surface area contributed by atoms with Gasteiger partial charge in [-0.05, 0) is 59.0 Å². The van der Waals surface area contributed by atoms with E-state index in [9.17, 15) is 9.90 Å². The maximum atomic E-state index is 11.3. The van der Waals surface area contributed by atoms with Gasteiger partial charge in [-0.15, -0.1) is 0 Å². The van der Waals surface area contributed by atoms with Crippen molar-refractivity contribution in [2.24, 2.45) is 5.41 Å². The van der Waals surface area contributed by atoms with Crippen molar-refractivity contribution in [3.63, 3.8) is 0 Å². The second kappa shape index (κ2) is 5.07. The highest BCUT2D eigenvalue weighted by atomic mass is 127. The van der Waals surface area contributed by atoms with Crippen LogP contribution in [0.5, 0.6) is 0 Å². The zero-order chi connectivity index (χ0) is 13.3. The molecule has 1 saturated heterocycles. The molecular formula is C14H18INO2. The Morgan fingerprint density at radius 1 is 1.33 bits per heavy atom. The van der Waals surface area contributed by atoms with Crippen LogP contribution in [0.3, 0.4) is 0 Å². The molecule has 0 unspecified atom stereocenters. The summed E-state index contributed by atoms with van der Waals surface area (Å²) in [6.45, 7) is 6.43. The van der Waals surface area contributed by atoms with Gasteiger partial charge in [0, 0.05) is 16.7 Å². The minimum Gasteiger partial charge on any atom is -0.478 e. The molecule has 2 rings (SSSR count). The third-order valence-corrected chi connectivity index (χ3v) is 4.32. The average molecular weight is 359 g/mol. The van der Waals surface area contributed by atoms with E-state index in [0.717, 1.165) is 35.2 Å². The topological polar surface area (TPSA) is 40.5 Å². The Morgan fingerprint density at radius 2 is 1.94 bits per heavy atom. The molecule has 0 aromatic heterocycles. The Balaban J connectivity index is 2.28. The van der Waals surface area contributed by atoms with Gasteiger partial charge < -0.3 is 10.0 Å². The number of carbonyl (C=O) groups is 1. The van der Waals surface area contributed by atoms with Crippen molar-refractivity contribution in [3.05, 3.63) is 27.3 Å². The van der Waals surface area contributed by atoms with Crippen LogP contribution in [-0.2, 0) is 0 Å². The van der Waals surface area contributed by atoms with Crippen LogP contribution in [0.4, 0.5) is 5.69 Å². The summed E-state index contributed by atoms with van der Waals surface area (Å²) < 4.78 is 1.08. The smallest absolute Gasteiger partial charge is 0.337 e. The Bertz CT molecular complexity index is 461. The lowest BCUT2D eigenvalue weighted by Crippen LogP contribution is -2.38. The number of hydrogen-bond acceptors (Lipinski definition) is 2. The van der Waals surface area contributed by atoms with Gasteiger partial charge in [-0.1, -0.05) is 13.8 Å². The summed E-state index contributed by atoms with van der Waals surface area (Å²) in [6.07, 6.45) is 2.22. The second-order valence-corrected chi connectivity index (χ2v) is 6.86. The lowest BCUT2D eigenvalue weighted by Gasteiger charge is -2.38. The van der Waals surface area contributed by atoms with Gasteiger partial charge in [0.1, 0.15) is 0 Å². The fourth-order valence-corrected chi connectivity index (χ4v) is 2.77. The van der Waals surface area contributed by atoms with Crippen LogP contribution in [0, 0.1) is 8.99 Å². The van der Waals surface area contributed by atoms with Crippen molar-refractivity contribution in [2.45, 2.75) is 26.7 Å². The lowest BCUT2D eigenvalue weighted by molar-refractivity contribution is 0.0697. The fraction of sp³-hybridized carbons (Fsp3) is 0.500. The highest BCUT2D eigenvalue weighted by molar-refractivity contribution is 14.1. The van der Waals surface area contributed by atoms with Crippen LogP contribution in [0.15, 0.2) is 18.2 Å². The van der Waals surface area contributed by atoms with Gasteiger partial charge in [-0.2, -0.15) is 0 Å². The zero-order valence-corrected chi connectivity index (χ0v) is 12.9. The van der Waals surface area contributed by atoms with E-state index >= 15 is 0 Å². The number of carboxylic acid groups (broad SMARTS) is 1. The number of carboxylic acids is 1. The van der Waals surface area contributed by atoms with E-state index in [4.69, 9.17) is 0 Å². The SMILES string of the molecule is CC1(C)CCN(c2cc(I)ccc2C(=O)O)CC1. The molecule has 4 heteroatoms. The van der Waals surface area contributed by atoms with Crippen LogP contribution >= 0.6 is 22.6 Å². The average Bonchev–Trinajstić information content (AvgIpc) is 2.28. The standard InChI is InChI=1S/C14H18INO2/c1-14(2)5-7-16(8-6-14)12-9-10(15)3-4-11(12)13(17)18/h3-4,9H,5-8H2,1-2H3,(H,17,18). The number of aromatic carboxylic acids is 1. The number of halogens is 1. The molecule has 0 bridgehead atoms. The first kappa shape index (κ1) is 13.6. The summed E-state index contributed by atoms with van der Waals surface area (Å²) in [7, 11) is 0. The number of rotatable bonds is 2. The Kier molecular flexibility index (Phi) is 3.84. The van der Waals surface area contributed by atoms with Crippen LogP contribution < -0.4 is 4.90 Å². The van der Waals surface area contributed by atoms with Crippen LogP contribution in [0.25, 0.3) is 0 Å². The number of nitrogens with zero attached hydrogens (tertiary/aromatic N) is 1. The first-order chi connectivity index (χ1) is 8.39. The number of piperidine rings is 1. The minimum absolute atomic E-state index is 0.377. The highest BCUT2D eigenvalue weighted by Crippen LogP contribution is 2.34. The Morgan fingerprint density at radius 3 is 2.50 bits per heavy atom. The van der Waals surface area contributed by atoms with Gasteiger partial charge in [0.25, 0.3) is 0 Å². The van der Waals surface area contributed by atoms with Crippen molar-refractivity contribution in [2.75, 3.05) is 18.0 Å². The number of hydrogen-bond donors (Lipinski definition) is 1. The Labute approximate surface area is 121 Å². The molecule has 0 atom stereocenters. The molecule has 1 aliphatic rings. The highest BCUT2D eigenvalue weighted by Gasteiger charge is 2.27. The van der Waals surface area contributed by atoms with E-state index < -0.39 is 5.97 Å². The third kappa shape index (κ3) is 2.96. The van der Waals surface area contributed by atoms with Gasteiger partial charge in [0.15, 0.2) is 0 Å². The fourth-order valence-electron chi connectivity index (χ4n) is 2.30. The van der Waals surface area contributed by atoms with Crippen molar-refractivity contribution in [3.8, 4) is 0 Å². The van der Waals surface area contributed by atoms with Crippen LogP contribution in [-0.4, -0.2) is 24.2 Å². The summed E-state index contributed by atoms with van der Waals surface area (Å²) in [5, 5.41) is 9.26. The molecule has 1 aromatic rings. The molecular weight excluding hydrogens is 341 g/mol. The molecule has 0 saturated carbocycles. The largest absolute Gasteiger partial charge is 0.478 e. The molecule has 98 valence electrons. The van der Waals surface area contributed by atoms with E-state index in [2.05, 4.69) is 41.3 Å². The van der Waals surface area contributed by atoms with E-state index in [1.165, 1.54) is 0 Å². The van der Waals surface area contributed by atoms with E-state index in [1.54, 1.807) is 6.07 Å². The first-order valence-electron chi connectivity index (χ1n) is 6.17. The molecule has 1 N–H and O–H groups in total. The maximum absolute atomic E-state index is 11.3. The maximum Gasteiger partial charge on any atom is 0.337 e. The van der Waals surface area contributed by atoms with Gasteiger partial charge in [-0.3, -0.25) is 0 Å². The molecule has 18 heavy (non-hydrogen) atoms. The first-order valence-corrected chi connectivity index (χ1v) is 7.25. The van der Waals surface area contributed by atoms with Crippen molar-refractivity contribution in [1.82, 2.24) is 0 Å². The van der Waals surface area contributed by atoms with Crippen LogP contribution in [0.2, 0.25) is 0 Å². The predicted octanol–water partition coefficient (Wildman–Crippen LogP) is 3.62. The molecule has 1 fully saturated rings. The van der Waals surface area contributed by atoms with Crippen LogP contribution in [0.1, 0.15) is 37.0 Å². The van der Waals surface area contributed by atoms with Gasteiger partial charge in [-0.25, -0.2) is 4.79 Å². The molecule has 0 aliphatic carbocycles. The zero-order valence-electron chi connectivity index (χ0n) is 10.7. The van der Waals surface area contributed by atoms with Gasteiger partial charge in [0.2, 0.25) is 0 Å². The molecule has 1 aromatic carbocycles. The summed E-state index contributed by atoms with van der Waals surface area (Å²) in [6, 6.07) is 5.53. The van der Waals surface area contributed by atoms with Gasteiger partial charge in [0.05, 0.1) is 11.3 Å². The van der Waals surface area contributed by atoms with E-state index in [0.29, 0.717) is 11.0 Å². The van der Waals surface area contributed by atoms with Crippen molar-refractivity contribution in [1.29, 1.82) is 0 Å². The molecule has 0 radical (unpaired) electrons. The molecule has 3 nitrogen and oxygen atoms in total. The summed E-state index contributed by atoms with van der Waals surface area (Å²) in [4.78, 5) is 13.5. The normalized spacial score (nSPS) is 18.7. The van der Waals surface area contributed by atoms with E-state index in [1.807, 2.05) is 12.1 Å². The summed E-state index contributed by atoms with van der Waals surface area (Å²) in [5.74, 6) is -0.841. The monoisotopic (exact) mass is 359 g/mol. The summed E-state index contributed by atoms with van der Waals surface area (Å²) >= 11 is 2.23. The quantitative estimate of drug-likeness (QED) is 0.820. The lowest BCUT2D eigenvalue weighted by atomic mass is 9.82.